The van der Waals surface area contributed by atoms with E-state index in [0.717, 1.165) is 11.1 Å². The molecule has 6 heteroatoms. The van der Waals surface area contributed by atoms with E-state index in [9.17, 15) is 4.79 Å². The Morgan fingerprint density at radius 3 is 2.55 bits per heavy atom. The molecule has 1 aromatic heterocycles. The van der Waals surface area contributed by atoms with E-state index in [2.05, 4.69) is 4.98 Å². The quantitative estimate of drug-likeness (QED) is 0.421. The molecule has 0 saturated carbocycles. The van der Waals surface area contributed by atoms with Gasteiger partial charge in [-0.15, -0.1) is 0 Å². The zero-order chi connectivity index (χ0) is 21.5. The third-order valence-corrected chi connectivity index (χ3v) is 5.19. The van der Waals surface area contributed by atoms with Crippen molar-refractivity contribution in [3.8, 4) is 5.88 Å². The summed E-state index contributed by atoms with van der Waals surface area (Å²) in [7, 11) is 0. The second kappa shape index (κ2) is 10.2. The van der Waals surface area contributed by atoms with Gasteiger partial charge in [-0.25, -0.2) is 4.98 Å². The number of morpholine rings is 1. The van der Waals surface area contributed by atoms with Gasteiger partial charge in [0.25, 0.3) is 5.91 Å². The highest BCUT2D eigenvalue weighted by atomic mass is 35.5. The Hall–Kier alpha value is -3.15. The standard InChI is InChI=1S/C25H23ClN2O3/c26-21-11-12-24(27-16-21)31-18-22-17-28(13-14-30-22)25(29)23(20-9-5-2-6-10-20)15-19-7-3-1-4-8-19/h1-12,15-16,22H,13-14,17-18H2. The number of halogens is 1. The monoisotopic (exact) mass is 434 g/mol. The van der Waals surface area contributed by atoms with E-state index in [0.29, 0.717) is 42.8 Å². The van der Waals surface area contributed by atoms with Crippen LogP contribution in [0.25, 0.3) is 11.6 Å². The molecule has 1 atom stereocenters. The van der Waals surface area contributed by atoms with Gasteiger partial charge in [0.15, 0.2) is 0 Å². The fourth-order valence-corrected chi connectivity index (χ4v) is 3.51. The SMILES string of the molecule is O=C(C(=Cc1ccccc1)c1ccccc1)N1CCOC(COc2ccc(Cl)cn2)C1. The first-order chi connectivity index (χ1) is 15.2. The number of aromatic nitrogens is 1. The first-order valence-corrected chi connectivity index (χ1v) is 10.5. The van der Waals surface area contributed by atoms with Crippen molar-refractivity contribution in [2.24, 2.45) is 0 Å². The van der Waals surface area contributed by atoms with Crippen molar-refractivity contribution in [3.05, 3.63) is 95.1 Å². The van der Waals surface area contributed by atoms with E-state index in [-0.39, 0.29) is 12.0 Å². The fourth-order valence-electron chi connectivity index (χ4n) is 3.40. The van der Waals surface area contributed by atoms with E-state index >= 15 is 0 Å². The number of benzene rings is 2. The van der Waals surface area contributed by atoms with Crippen LogP contribution in [0.2, 0.25) is 5.02 Å². The summed E-state index contributed by atoms with van der Waals surface area (Å²) >= 11 is 5.86. The van der Waals surface area contributed by atoms with Crippen molar-refractivity contribution in [3.63, 3.8) is 0 Å². The lowest BCUT2D eigenvalue weighted by molar-refractivity contribution is -0.133. The van der Waals surface area contributed by atoms with Crippen LogP contribution in [-0.4, -0.2) is 48.2 Å². The largest absolute Gasteiger partial charge is 0.475 e. The summed E-state index contributed by atoms with van der Waals surface area (Å²) in [5, 5.41) is 0.552. The van der Waals surface area contributed by atoms with Crippen LogP contribution in [-0.2, 0) is 9.53 Å². The van der Waals surface area contributed by atoms with Gasteiger partial charge < -0.3 is 14.4 Å². The van der Waals surface area contributed by atoms with Crippen LogP contribution in [0.15, 0.2) is 79.0 Å². The summed E-state index contributed by atoms with van der Waals surface area (Å²) in [6.45, 7) is 1.75. The first kappa shape index (κ1) is 21.1. The number of hydrogen-bond acceptors (Lipinski definition) is 4. The molecule has 3 aromatic rings. The molecule has 5 nitrogen and oxygen atoms in total. The molecular weight excluding hydrogens is 412 g/mol. The highest BCUT2D eigenvalue weighted by Gasteiger charge is 2.27. The zero-order valence-electron chi connectivity index (χ0n) is 17.0. The molecular formula is C25H23ClN2O3. The molecule has 31 heavy (non-hydrogen) atoms. The predicted molar refractivity (Wildman–Crippen MR) is 122 cm³/mol. The maximum Gasteiger partial charge on any atom is 0.254 e. The lowest BCUT2D eigenvalue weighted by Gasteiger charge is -2.33. The number of nitrogens with zero attached hydrogens (tertiary/aromatic N) is 2. The van der Waals surface area contributed by atoms with Crippen LogP contribution in [0.5, 0.6) is 5.88 Å². The third-order valence-electron chi connectivity index (χ3n) is 4.97. The van der Waals surface area contributed by atoms with E-state index in [1.165, 1.54) is 6.20 Å². The lowest BCUT2D eigenvalue weighted by atomic mass is 10.0. The van der Waals surface area contributed by atoms with Gasteiger partial charge in [0.2, 0.25) is 5.88 Å². The number of hydrogen-bond donors (Lipinski definition) is 0. The molecule has 1 saturated heterocycles. The van der Waals surface area contributed by atoms with Crippen molar-refractivity contribution in [2.45, 2.75) is 6.10 Å². The minimum atomic E-state index is -0.232. The lowest BCUT2D eigenvalue weighted by Crippen LogP contribution is -2.47. The van der Waals surface area contributed by atoms with Crippen LogP contribution in [0.3, 0.4) is 0 Å². The van der Waals surface area contributed by atoms with Crippen LogP contribution in [0, 0.1) is 0 Å². The molecule has 1 fully saturated rings. The van der Waals surface area contributed by atoms with E-state index in [1.807, 2.05) is 71.6 Å². The van der Waals surface area contributed by atoms with Crippen molar-refractivity contribution in [1.82, 2.24) is 9.88 Å². The smallest absolute Gasteiger partial charge is 0.254 e. The summed E-state index contributed by atoms with van der Waals surface area (Å²) in [6, 6.07) is 23.1. The van der Waals surface area contributed by atoms with Gasteiger partial charge in [-0.1, -0.05) is 72.3 Å². The molecule has 0 aliphatic carbocycles. The summed E-state index contributed by atoms with van der Waals surface area (Å²) in [4.78, 5) is 19.5. The van der Waals surface area contributed by atoms with Crippen LogP contribution in [0.4, 0.5) is 0 Å². The maximum atomic E-state index is 13.5. The highest BCUT2D eigenvalue weighted by molar-refractivity contribution is 6.30. The second-order valence-corrected chi connectivity index (χ2v) is 7.64. The Morgan fingerprint density at radius 1 is 1.10 bits per heavy atom. The molecule has 4 rings (SSSR count). The zero-order valence-corrected chi connectivity index (χ0v) is 17.7. The second-order valence-electron chi connectivity index (χ2n) is 7.20. The number of pyridine rings is 1. The van der Waals surface area contributed by atoms with Gasteiger partial charge in [0, 0.05) is 24.4 Å². The van der Waals surface area contributed by atoms with Crippen molar-refractivity contribution in [1.29, 1.82) is 0 Å². The molecule has 0 spiro atoms. The van der Waals surface area contributed by atoms with Gasteiger partial charge in [0.1, 0.15) is 12.7 Å². The Bertz CT molecular complexity index is 1020. The van der Waals surface area contributed by atoms with Gasteiger partial charge in [0.05, 0.1) is 18.2 Å². The molecule has 1 amide bonds. The molecule has 2 heterocycles. The van der Waals surface area contributed by atoms with E-state index in [1.54, 1.807) is 12.1 Å². The Kier molecular flexibility index (Phi) is 6.97. The molecule has 0 radical (unpaired) electrons. The molecule has 0 N–H and O–H groups in total. The number of rotatable bonds is 6. The first-order valence-electron chi connectivity index (χ1n) is 10.2. The minimum Gasteiger partial charge on any atom is -0.475 e. The number of amides is 1. The fraction of sp³-hybridized carbons (Fsp3) is 0.200. The average molecular weight is 435 g/mol. The highest BCUT2D eigenvalue weighted by Crippen LogP contribution is 2.22. The maximum absolute atomic E-state index is 13.5. The van der Waals surface area contributed by atoms with Crippen molar-refractivity contribution < 1.29 is 14.3 Å². The van der Waals surface area contributed by atoms with E-state index < -0.39 is 0 Å². The normalized spacial score (nSPS) is 16.7. The van der Waals surface area contributed by atoms with Crippen molar-refractivity contribution >= 4 is 29.2 Å². The molecule has 1 unspecified atom stereocenters. The van der Waals surface area contributed by atoms with E-state index in [4.69, 9.17) is 21.1 Å². The molecule has 1 aliphatic rings. The predicted octanol–water partition coefficient (Wildman–Crippen LogP) is 4.58. The number of ether oxygens (including phenoxy) is 2. The summed E-state index contributed by atoms with van der Waals surface area (Å²) < 4.78 is 11.5. The third kappa shape index (κ3) is 5.72. The van der Waals surface area contributed by atoms with Gasteiger partial charge in [-0.05, 0) is 23.3 Å². The Balaban J connectivity index is 1.48. The topological polar surface area (TPSA) is 51.7 Å². The van der Waals surface area contributed by atoms with Gasteiger partial charge in [-0.2, -0.15) is 0 Å². The Labute approximate surface area is 186 Å². The van der Waals surface area contributed by atoms with Crippen LogP contribution >= 0.6 is 11.6 Å². The van der Waals surface area contributed by atoms with Crippen LogP contribution < -0.4 is 4.74 Å². The molecule has 1 aliphatic heterocycles. The molecule has 0 bridgehead atoms. The van der Waals surface area contributed by atoms with Gasteiger partial charge in [-0.3, -0.25) is 4.79 Å². The average Bonchev–Trinajstić information content (AvgIpc) is 2.83. The summed E-state index contributed by atoms with van der Waals surface area (Å²) in [5.74, 6) is 0.457. The molecule has 2 aromatic carbocycles. The Morgan fingerprint density at radius 2 is 1.84 bits per heavy atom. The van der Waals surface area contributed by atoms with Crippen LogP contribution in [0.1, 0.15) is 11.1 Å². The summed E-state index contributed by atoms with van der Waals surface area (Å²) in [6.07, 6.45) is 3.24. The number of carbonyl (C=O) groups excluding carboxylic acids is 1. The number of carbonyl (C=O) groups is 1. The molecule has 158 valence electrons. The van der Waals surface area contributed by atoms with Crippen molar-refractivity contribution in [2.75, 3.05) is 26.3 Å². The van der Waals surface area contributed by atoms with Gasteiger partial charge >= 0.3 is 0 Å². The summed E-state index contributed by atoms with van der Waals surface area (Å²) in [5.41, 5.74) is 2.53. The minimum absolute atomic E-state index is 0.0204.